The number of hydrogen-bond donors (Lipinski definition) is 0. The fourth-order valence-corrected chi connectivity index (χ4v) is 2.91. The molecule has 7 nitrogen and oxygen atoms in total. The molecule has 7 heteroatoms. The fraction of sp³-hybridized carbons (Fsp3) is 0.353. The van der Waals surface area contributed by atoms with Gasteiger partial charge in [-0.3, -0.25) is 10.1 Å². The lowest BCUT2D eigenvalue weighted by atomic mass is 10.1. The van der Waals surface area contributed by atoms with E-state index in [2.05, 4.69) is 16.3 Å². The summed E-state index contributed by atoms with van der Waals surface area (Å²) < 4.78 is 1.99. The lowest BCUT2D eigenvalue weighted by Crippen LogP contribution is -2.05. The molecule has 2 aromatic rings. The first-order valence-electron chi connectivity index (χ1n) is 7.89. The molecule has 1 aliphatic rings. The second-order valence-electron chi connectivity index (χ2n) is 5.87. The smallest absolute Gasteiger partial charge is 0.272 e. The first-order valence-corrected chi connectivity index (χ1v) is 7.89. The van der Waals surface area contributed by atoms with E-state index in [-0.39, 0.29) is 5.69 Å². The summed E-state index contributed by atoms with van der Waals surface area (Å²) in [7, 11) is 0. The van der Waals surface area contributed by atoms with Crippen LogP contribution in [0.5, 0.6) is 0 Å². The van der Waals surface area contributed by atoms with Crippen molar-refractivity contribution in [3.05, 3.63) is 51.1 Å². The maximum atomic E-state index is 11.1. The number of hydrogen-bond acceptors (Lipinski definition) is 5. The average molecular weight is 323 g/mol. The summed E-state index contributed by atoms with van der Waals surface area (Å²) in [5, 5.41) is 29.0. The van der Waals surface area contributed by atoms with Crippen LogP contribution in [0.15, 0.2) is 18.2 Å². The first-order chi connectivity index (χ1) is 11.6. The Morgan fingerprint density at radius 3 is 2.96 bits per heavy atom. The van der Waals surface area contributed by atoms with E-state index in [0.29, 0.717) is 22.5 Å². The minimum atomic E-state index is -0.415. The first kappa shape index (κ1) is 15.9. The van der Waals surface area contributed by atoms with E-state index in [1.54, 1.807) is 25.1 Å². The van der Waals surface area contributed by atoms with Crippen molar-refractivity contribution in [3.8, 4) is 6.07 Å². The summed E-state index contributed by atoms with van der Waals surface area (Å²) in [5.74, 6) is 1.44. The van der Waals surface area contributed by atoms with E-state index in [9.17, 15) is 15.4 Å². The van der Waals surface area contributed by atoms with Crippen LogP contribution >= 0.6 is 0 Å². The highest BCUT2D eigenvalue weighted by Crippen LogP contribution is 2.24. The van der Waals surface area contributed by atoms with E-state index in [4.69, 9.17) is 0 Å². The quantitative estimate of drug-likeness (QED) is 0.490. The van der Waals surface area contributed by atoms with Crippen LogP contribution in [-0.4, -0.2) is 19.7 Å². The second-order valence-corrected chi connectivity index (χ2v) is 5.87. The zero-order valence-corrected chi connectivity index (χ0v) is 13.4. The Morgan fingerprint density at radius 1 is 1.38 bits per heavy atom. The van der Waals surface area contributed by atoms with Crippen molar-refractivity contribution in [2.45, 2.75) is 39.2 Å². The number of aromatic nitrogens is 3. The third-order valence-electron chi connectivity index (χ3n) is 4.21. The molecule has 0 radical (unpaired) electrons. The summed E-state index contributed by atoms with van der Waals surface area (Å²) in [6.45, 7) is 2.49. The van der Waals surface area contributed by atoms with Crippen molar-refractivity contribution in [1.29, 1.82) is 5.26 Å². The van der Waals surface area contributed by atoms with Crippen LogP contribution in [0.25, 0.3) is 11.6 Å². The van der Waals surface area contributed by atoms with Crippen molar-refractivity contribution in [2.24, 2.45) is 0 Å². The highest BCUT2D eigenvalue weighted by atomic mass is 16.6. The second kappa shape index (κ2) is 6.62. The number of aryl methyl sites for hydroxylation is 2. The van der Waals surface area contributed by atoms with Crippen molar-refractivity contribution in [2.75, 3.05) is 0 Å². The molecular weight excluding hydrogens is 306 g/mol. The largest absolute Gasteiger partial charge is 0.310 e. The number of nitriles is 1. The Kier molecular flexibility index (Phi) is 4.38. The predicted molar refractivity (Wildman–Crippen MR) is 88.9 cm³/mol. The standard InChI is InChI=1S/C17H17N5O2/c1-12-6-7-13(10-15(12)22(23)24)9-14(11-18)17-20-19-16-5-3-2-4-8-21(16)17/h6-7,9-10H,2-5,8H2,1H3/b14-9-. The molecule has 0 bridgehead atoms. The highest BCUT2D eigenvalue weighted by molar-refractivity contribution is 5.87. The lowest BCUT2D eigenvalue weighted by molar-refractivity contribution is -0.385. The number of rotatable bonds is 3. The summed E-state index contributed by atoms with van der Waals surface area (Å²) in [6, 6.07) is 7.08. The SMILES string of the molecule is Cc1ccc(/C=C(/C#N)c2nnc3n2CCCCC3)cc1[N+](=O)[O-]. The number of nitrogens with zero attached hydrogens (tertiary/aromatic N) is 5. The van der Waals surface area contributed by atoms with Gasteiger partial charge in [0.05, 0.1) is 10.5 Å². The monoisotopic (exact) mass is 323 g/mol. The van der Waals surface area contributed by atoms with E-state index in [1.165, 1.54) is 6.07 Å². The predicted octanol–water partition coefficient (Wildman–Crippen LogP) is 3.29. The van der Waals surface area contributed by atoms with Crippen molar-refractivity contribution in [1.82, 2.24) is 14.8 Å². The molecule has 122 valence electrons. The molecule has 3 rings (SSSR count). The highest BCUT2D eigenvalue weighted by Gasteiger charge is 2.18. The van der Waals surface area contributed by atoms with Gasteiger partial charge in [0.15, 0.2) is 5.82 Å². The zero-order chi connectivity index (χ0) is 17.1. The molecule has 1 aliphatic heterocycles. The molecule has 2 heterocycles. The molecule has 0 unspecified atom stereocenters. The van der Waals surface area contributed by atoms with Crippen molar-refractivity contribution >= 4 is 17.3 Å². The molecule has 24 heavy (non-hydrogen) atoms. The number of benzene rings is 1. The summed E-state index contributed by atoms with van der Waals surface area (Å²) in [6.07, 6.45) is 5.75. The third kappa shape index (κ3) is 3.04. The molecule has 0 aliphatic carbocycles. The fourth-order valence-electron chi connectivity index (χ4n) is 2.91. The molecule has 0 amide bonds. The minimum Gasteiger partial charge on any atom is -0.310 e. The summed E-state index contributed by atoms with van der Waals surface area (Å²) >= 11 is 0. The maximum Gasteiger partial charge on any atom is 0.272 e. The van der Waals surface area contributed by atoms with Crippen molar-refractivity contribution in [3.63, 3.8) is 0 Å². The van der Waals surface area contributed by atoms with Crippen LogP contribution in [0.2, 0.25) is 0 Å². The van der Waals surface area contributed by atoms with Gasteiger partial charge >= 0.3 is 0 Å². The molecule has 1 aromatic carbocycles. The van der Waals surface area contributed by atoms with Crippen LogP contribution < -0.4 is 0 Å². The number of fused-ring (bicyclic) bond motifs is 1. The Bertz CT molecular complexity index is 860. The topological polar surface area (TPSA) is 97.6 Å². The molecular formula is C17H17N5O2. The third-order valence-corrected chi connectivity index (χ3v) is 4.21. The number of allylic oxidation sites excluding steroid dienone is 1. The van der Waals surface area contributed by atoms with E-state index < -0.39 is 4.92 Å². The van der Waals surface area contributed by atoms with Gasteiger partial charge in [0, 0.05) is 24.6 Å². The van der Waals surface area contributed by atoms with Crippen LogP contribution in [0.4, 0.5) is 5.69 Å². The van der Waals surface area contributed by atoms with Crippen LogP contribution in [0, 0.1) is 28.4 Å². The Morgan fingerprint density at radius 2 is 2.21 bits per heavy atom. The van der Waals surface area contributed by atoms with Crippen LogP contribution in [0.1, 0.15) is 42.0 Å². The maximum absolute atomic E-state index is 11.1. The van der Waals surface area contributed by atoms with E-state index in [1.807, 2.05) is 4.57 Å². The average Bonchev–Trinajstić information content (AvgIpc) is 2.82. The van der Waals surface area contributed by atoms with Gasteiger partial charge in [0.2, 0.25) is 0 Å². The van der Waals surface area contributed by atoms with Gasteiger partial charge < -0.3 is 4.57 Å². The zero-order valence-electron chi connectivity index (χ0n) is 13.4. The molecule has 0 fully saturated rings. The molecule has 0 N–H and O–H groups in total. The van der Waals surface area contributed by atoms with Gasteiger partial charge in [-0.15, -0.1) is 10.2 Å². The minimum absolute atomic E-state index is 0.0427. The van der Waals surface area contributed by atoms with Gasteiger partial charge in [-0.25, -0.2) is 0 Å². The molecule has 0 atom stereocenters. The van der Waals surface area contributed by atoms with Crippen LogP contribution in [-0.2, 0) is 13.0 Å². The van der Waals surface area contributed by atoms with Gasteiger partial charge in [-0.05, 0) is 31.4 Å². The van der Waals surface area contributed by atoms with Gasteiger partial charge in [-0.1, -0.05) is 18.6 Å². The Labute approximate surface area is 139 Å². The summed E-state index contributed by atoms with van der Waals surface area (Å²) in [5.41, 5.74) is 1.61. The van der Waals surface area contributed by atoms with Gasteiger partial charge in [0.25, 0.3) is 5.69 Å². The van der Waals surface area contributed by atoms with Crippen LogP contribution in [0.3, 0.4) is 0 Å². The normalized spacial score (nSPS) is 14.6. The lowest BCUT2D eigenvalue weighted by Gasteiger charge is -2.06. The molecule has 0 saturated heterocycles. The molecule has 0 saturated carbocycles. The number of nitro benzene ring substituents is 1. The van der Waals surface area contributed by atoms with E-state index in [0.717, 1.165) is 38.1 Å². The number of nitro groups is 1. The molecule has 0 spiro atoms. The molecule has 1 aromatic heterocycles. The summed E-state index contributed by atoms with van der Waals surface area (Å²) in [4.78, 5) is 10.7. The van der Waals surface area contributed by atoms with Gasteiger partial charge in [-0.2, -0.15) is 5.26 Å². The Balaban J connectivity index is 2.03. The Hall–Kier alpha value is -3.01. The van der Waals surface area contributed by atoms with E-state index >= 15 is 0 Å². The van der Waals surface area contributed by atoms with Crippen molar-refractivity contribution < 1.29 is 4.92 Å². The van der Waals surface area contributed by atoms with Gasteiger partial charge in [0.1, 0.15) is 11.9 Å².